The van der Waals surface area contributed by atoms with Crippen molar-refractivity contribution in [2.45, 2.75) is 32.8 Å². The van der Waals surface area contributed by atoms with Crippen LogP contribution in [0.4, 0.5) is 38.9 Å². The number of piperidine rings is 1. The van der Waals surface area contributed by atoms with Crippen LogP contribution in [0.25, 0.3) is 33.1 Å². The summed E-state index contributed by atoms with van der Waals surface area (Å²) in [7, 11) is 13.2. The number of fused-ring (bicyclic) bond motifs is 2. The number of likely N-dealkylation sites (N-methyl/N-ethyl adjacent to an activating group) is 2. The lowest BCUT2D eigenvalue weighted by molar-refractivity contribution is -0.111. The number of nitrogens with one attached hydrogen (secondary N) is 3. The quantitative estimate of drug-likeness (QED) is 0.0547. The van der Waals surface area contributed by atoms with Crippen LogP contribution < -0.4 is 35.1 Å². The summed E-state index contributed by atoms with van der Waals surface area (Å²) < 4.78 is 39.9. The lowest BCUT2D eigenvalue weighted by atomic mass is 9.98. The van der Waals surface area contributed by atoms with Crippen molar-refractivity contribution in [2.75, 3.05) is 96.0 Å². The Balaban J connectivity index is 0.000000227. The van der Waals surface area contributed by atoms with Gasteiger partial charge in [-0.2, -0.15) is 0 Å². The Kier molecular flexibility index (Phi) is 17.9. The van der Waals surface area contributed by atoms with Gasteiger partial charge in [-0.3, -0.25) is 4.79 Å². The highest BCUT2D eigenvalue weighted by molar-refractivity contribution is 9.10. The molecule has 0 saturated carbocycles. The molecule has 0 bridgehead atoms. The lowest BCUT2D eigenvalue weighted by Gasteiger charge is -2.28. The van der Waals surface area contributed by atoms with Crippen molar-refractivity contribution in [2.24, 2.45) is 13.0 Å². The van der Waals surface area contributed by atoms with Gasteiger partial charge in [0.25, 0.3) is 0 Å². The van der Waals surface area contributed by atoms with Gasteiger partial charge < -0.3 is 54.2 Å². The second-order valence-electron chi connectivity index (χ2n) is 18.2. The maximum Gasteiger partial charge on any atom is 0.342 e. The number of halogens is 2. The summed E-state index contributed by atoms with van der Waals surface area (Å²) in [6, 6.07) is 20.0. The van der Waals surface area contributed by atoms with Crippen LogP contribution >= 0.6 is 15.9 Å². The average molecular weight is 1060 g/mol. The van der Waals surface area contributed by atoms with Gasteiger partial charge in [0, 0.05) is 78.0 Å². The molecule has 0 radical (unpaired) electrons. The third-order valence-electron chi connectivity index (χ3n) is 12.2. The molecule has 73 heavy (non-hydrogen) atoms. The van der Waals surface area contributed by atoms with Crippen molar-refractivity contribution in [3.05, 3.63) is 114 Å². The van der Waals surface area contributed by atoms with E-state index < -0.39 is 5.97 Å². The first-order valence-corrected chi connectivity index (χ1v) is 24.6. The molecule has 4 aromatic carbocycles. The number of hydrogen-bond donors (Lipinski definition) is 3. The number of amides is 1. The van der Waals surface area contributed by atoms with E-state index in [0.717, 1.165) is 60.0 Å². The summed E-state index contributed by atoms with van der Waals surface area (Å²) in [4.78, 5) is 49.9. The summed E-state index contributed by atoms with van der Waals surface area (Å²) in [5.41, 5.74) is 5.31. The normalized spacial score (nSPS) is 12.8. The fourth-order valence-corrected chi connectivity index (χ4v) is 8.55. The number of para-hydroxylation sites is 1. The summed E-state index contributed by atoms with van der Waals surface area (Å²) in [6.45, 7) is 11.5. The molecule has 1 amide bonds. The lowest BCUT2D eigenvalue weighted by Crippen LogP contribution is -2.32. The number of hydrogen-bond acceptors (Lipinski definition) is 15. The molecule has 1 saturated heterocycles. The predicted octanol–water partition coefficient (Wildman–Crippen LogP) is 10.1. The first kappa shape index (κ1) is 53.4. The average Bonchev–Trinajstić information content (AvgIpc) is 3.71. The highest BCUT2D eigenvalue weighted by atomic mass is 79.9. The molecule has 7 aromatic rings. The molecular formula is C54H63BrFN11O6. The van der Waals surface area contributed by atoms with Gasteiger partial charge in [-0.05, 0) is 109 Å². The number of esters is 1. The minimum absolute atomic E-state index is 0.233. The fraction of sp³-hybridized carbons (Fsp3) is 0.333. The molecule has 3 N–H and O–H groups in total. The number of likely N-dealkylation sites (tertiary alicyclic amines) is 1. The largest absolute Gasteiger partial charge is 0.494 e. The van der Waals surface area contributed by atoms with Crippen LogP contribution in [0.1, 0.15) is 37.0 Å². The minimum atomic E-state index is -0.512. The van der Waals surface area contributed by atoms with E-state index >= 15 is 0 Å². The van der Waals surface area contributed by atoms with Crippen LogP contribution in [0.3, 0.4) is 0 Å². The molecule has 3 aromatic heterocycles. The number of ether oxygens (including phenoxy) is 4. The fourth-order valence-electron chi connectivity index (χ4n) is 8.22. The maximum absolute atomic E-state index is 14.3. The molecule has 1 fully saturated rings. The summed E-state index contributed by atoms with van der Waals surface area (Å²) in [6.07, 6.45) is 8.01. The van der Waals surface area contributed by atoms with Gasteiger partial charge in [0.2, 0.25) is 11.9 Å². The SMILES string of the molecule is C=CC(=O)Nc1cc(Nc2ncc(C(=O)OC(C)C)c(-c3cn(C)c4ccccc34)n2)c(OC)cc1N(C)CCN(C)C.COc1cc2c(Nc3ccc(Br)cc3F)ncnc2cc1OCC1CCN(C)CC1. The molecule has 1 aliphatic heterocycles. The Bertz CT molecular complexity index is 3090. The zero-order valence-electron chi connectivity index (χ0n) is 42.8. The molecule has 384 valence electrons. The molecule has 17 nitrogen and oxygen atoms in total. The van der Waals surface area contributed by atoms with E-state index in [9.17, 15) is 14.0 Å². The van der Waals surface area contributed by atoms with Crippen molar-refractivity contribution in [3.63, 3.8) is 0 Å². The van der Waals surface area contributed by atoms with Crippen LogP contribution in [-0.4, -0.2) is 127 Å². The number of anilines is 6. The summed E-state index contributed by atoms with van der Waals surface area (Å²) >= 11 is 3.27. The first-order chi connectivity index (χ1) is 35.0. The van der Waals surface area contributed by atoms with Crippen molar-refractivity contribution in [3.8, 4) is 28.5 Å². The van der Waals surface area contributed by atoms with Gasteiger partial charge in [-0.1, -0.05) is 40.7 Å². The van der Waals surface area contributed by atoms with E-state index in [1.54, 1.807) is 46.3 Å². The summed E-state index contributed by atoms with van der Waals surface area (Å²) in [5.74, 6) is 1.81. The number of benzene rings is 4. The first-order valence-electron chi connectivity index (χ1n) is 23.8. The second-order valence-corrected chi connectivity index (χ2v) is 19.2. The molecule has 0 spiro atoms. The van der Waals surface area contributed by atoms with Gasteiger partial charge in [-0.25, -0.2) is 29.1 Å². The van der Waals surface area contributed by atoms with Crippen LogP contribution in [0.5, 0.6) is 17.2 Å². The van der Waals surface area contributed by atoms with E-state index in [-0.39, 0.29) is 29.3 Å². The third-order valence-corrected chi connectivity index (χ3v) is 12.7. The van der Waals surface area contributed by atoms with Gasteiger partial charge >= 0.3 is 5.97 Å². The Morgan fingerprint density at radius 3 is 2.34 bits per heavy atom. The van der Waals surface area contributed by atoms with Crippen molar-refractivity contribution >= 4 is 84.1 Å². The van der Waals surface area contributed by atoms with Crippen molar-refractivity contribution in [1.82, 2.24) is 34.3 Å². The van der Waals surface area contributed by atoms with E-state index in [1.807, 2.05) is 86.3 Å². The monoisotopic (exact) mass is 1060 g/mol. The standard InChI is InChI=1S/C32H39N7O4.C22H24BrFN4O2/c1-9-29(40)34-24-16-25(28(42-8)17-27(24)38(6)15-14-37(4)5)35-32-33-18-22(31(41)43-20(2)3)30(36-32)23-19-39(7)26-13-11-10-12-21(23)26;1-28-7-5-14(6-8-28)12-30-21-11-19-16(10-20(21)29-2)22(26-13-25-19)27-18-4-3-15(23)9-17(18)24/h9-13,16-20H,1,14-15H2,2-8H3,(H,34,40)(H,33,35,36);3-4,9-11,13-14H,5-8,12H2,1-2H3,(H,25,26,27). The van der Waals surface area contributed by atoms with E-state index in [0.29, 0.717) is 74.9 Å². The van der Waals surface area contributed by atoms with Crippen molar-refractivity contribution in [1.29, 1.82) is 0 Å². The Hall–Kier alpha value is -7.35. The molecule has 0 aliphatic carbocycles. The van der Waals surface area contributed by atoms with E-state index in [4.69, 9.17) is 23.9 Å². The number of methoxy groups -OCH3 is 2. The molecule has 4 heterocycles. The number of aryl methyl sites for hydroxylation is 1. The Morgan fingerprint density at radius 1 is 0.890 bits per heavy atom. The van der Waals surface area contributed by atoms with Gasteiger partial charge in [0.15, 0.2) is 11.5 Å². The topological polar surface area (TPSA) is 173 Å². The number of nitrogens with zero attached hydrogens (tertiary/aromatic N) is 8. The zero-order chi connectivity index (χ0) is 52.3. The Labute approximate surface area is 433 Å². The minimum Gasteiger partial charge on any atom is -0.494 e. The zero-order valence-corrected chi connectivity index (χ0v) is 44.3. The molecule has 0 unspecified atom stereocenters. The van der Waals surface area contributed by atoms with Gasteiger partial charge in [0.1, 0.15) is 29.3 Å². The molecular weight excluding hydrogens is 998 g/mol. The van der Waals surface area contributed by atoms with E-state index in [1.165, 1.54) is 24.7 Å². The predicted molar refractivity (Wildman–Crippen MR) is 291 cm³/mol. The number of rotatable bonds is 18. The Morgan fingerprint density at radius 2 is 1.64 bits per heavy atom. The number of carbonyl (C=O) groups is 2. The second kappa shape index (κ2) is 24.4. The molecule has 1 aliphatic rings. The van der Waals surface area contributed by atoms with Crippen LogP contribution in [0, 0.1) is 11.7 Å². The summed E-state index contributed by atoms with van der Waals surface area (Å²) in [5, 5.41) is 10.8. The van der Waals surface area contributed by atoms with Crippen LogP contribution in [0.2, 0.25) is 0 Å². The third kappa shape index (κ3) is 13.4. The number of aromatic nitrogens is 5. The molecule has 19 heteroatoms. The number of carbonyl (C=O) groups excluding carboxylic acids is 2. The smallest absolute Gasteiger partial charge is 0.342 e. The van der Waals surface area contributed by atoms with Gasteiger partial charge in [0.05, 0.1) is 60.9 Å². The maximum atomic E-state index is 14.3. The highest BCUT2D eigenvalue weighted by Crippen LogP contribution is 2.40. The van der Waals surface area contributed by atoms with Crippen molar-refractivity contribution < 1.29 is 32.9 Å². The highest BCUT2D eigenvalue weighted by Gasteiger charge is 2.24. The molecule has 0 atom stereocenters. The van der Waals surface area contributed by atoms with E-state index in [2.05, 4.69) is 70.3 Å². The van der Waals surface area contributed by atoms with Gasteiger partial charge in [-0.15, -0.1) is 0 Å². The van der Waals surface area contributed by atoms with Crippen LogP contribution in [-0.2, 0) is 16.6 Å². The molecule has 8 rings (SSSR count). The van der Waals surface area contributed by atoms with Crippen LogP contribution in [0.15, 0.2) is 103 Å².